The van der Waals surface area contributed by atoms with Crippen molar-refractivity contribution in [1.29, 1.82) is 0 Å². The quantitative estimate of drug-likeness (QED) is 0.576. The number of nitrogens with one attached hydrogen (secondary N) is 2. The minimum atomic E-state index is -0.310. The van der Waals surface area contributed by atoms with Gasteiger partial charge in [0, 0.05) is 28.4 Å². The molecule has 25 heavy (non-hydrogen) atoms. The van der Waals surface area contributed by atoms with Crippen LogP contribution in [-0.4, -0.2) is 25.1 Å². The topological polar surface area (TPSA) is 79.4 Å². The highest BCUT2D eigenvalue weighted by molar-refractivity contribution is 7.14. The Kier molecular flexibility index (Phi) is 3.95. The molecule has 0 aliphatic carbocycles. The molecule has 0 amide bonds. The van der Waals surface area contributed by atoms with Crippen molar-refractivity contribution in [1.82, 2.24) is 25.1 Å². The summed E-state index contributed by atoms with van der Waals surface area (Å²) in [5.74, 6) is 0.178. The molecule has 0 saturated carbocycles. The number of rotatable bonds is 4. The largest absolute Gasteiger partial charge is 0.300 e. The second-order valence-electron chi connectivity index (χ2n) is 5.32. The van der Waals surface area contributed by atoms with Crippen LogP contribution in [0.5, 0.6) is 0 Å². The van der Waals surface area contributed by atoms with Gasteiger partial charge in [-0.2, -0.15) is 5.10 Å². The molecule has 0 radical (unpaired) electrons. The minimum Gasteiger partial charge on any atom is -0.300 e. The smallest absolute Gasteiger partial charge is 0.229 e. The molecule has 1 aromatic carbocycles. The number of benzene rings is 1. The molecule has 124 valence electrons. The summed E-state index contributed by atoms with van der Waals surface area (Å²) in [6.45, 7) is 1.90. The van der Waals surface area contributed by atoms with Gasteiger partial charge in [-0.15, -0.1) is 11.3 Å². The molecule has 0 aliphatic heterocycles. The van der Waals surface area contributed by atoms with Gasteiger partial charge < -0.3 is 5.32 Å². The number of thiazole rings is 1. The van der Waals surface area contributed by atoms with Gasteiger partial charge in [-0.05, 0) is 25.1 Å². The lowest BCUT2D eigenvalue weighted by Gasteiger charge is -2.03. The van der Waals surface area contributed by atoms with E-state index in [0.717, 1.165) is 11.3 Å². The summed E-state index contributed by atoms with van der Waals surface area (Å²) in [5.41, 5.74) is 3.36. The Morgan fingerprint density at radius 1 is 1.12 bits per heavy atom. The molecule has 0 aliphatic rings. The van der Waals surface area contributed by atoms with Crippen molar-refractivity contribution in [3.8, 4) is 22.5 Å². The summed E-state index contributed by atoms with van der Waals surface area (Å²) in [7, 11) is 0. The zero-order valence-corrected chi connectivity index (χ0v) is 14.0. The van der Waals surface area contributed by atoms with Gasteiger partial charge in [0.2, 0.25) is 5.95 Å². The van der Waals surface area contributed by atoms with Crippen LogP contribution in [0.2, 0.25) is 0 Å². The molecule has 0 atom stereocenters. The van der Waals surface area contributed by atoms with E-state index in [2.05, 4.69) is 30.5 Å². The van der Waals surface area contributed by atoms with Gasteiger partial charge in [0.05, 0.1) is 17.6 Å². The third kappa shape index (κ3) is 3.11. The number of anilines is 2. The summed E-state index contributed by atoms with van der Waals surface area (Å²) in [5, 5.41) is 12.5. The van der Waals surface area contributed by atoms with E-state index in [1.165, 1.54) is 17.4 Å². The monoisotopic (exact) mass is 352 g/mol. The molecule has 0 spiro atoms. The number of nitrogens with zero attached hydrogens (tertiary/aromatic N) is 4. The Morgan fingerprint density at radius 2 is 2.00 bits per heavy atom. The lowest BCUT2D eigenvalue weighted by Crippen LogP contribution is -1.97. The van der Waals surface area contributed by atoms with Crippen molar-refractivity contribution >= 4 is 22.4 Å². The standard InChI is InChI=1S/C17H13FN6S/c1-10-6-7-19-16(21-10)23-17-22-14(9-25-17)12-8-20-24-15(12)11-4-2-3-5-13(11)18/h2-9H,1H3,(H,20,24)(H,19,21,22,23). The van der Waals surface area contributed by atoms with Crippen molar-refractivity contribution in [2.24, 2.45) is 0 Å². The van der Waals surface area contributed by atoms with Crippen LogP contribution in [0, 0.1) is 12.7 Å². The third-order valence-electron chi connectivity index (χ3n) is 3.58. The number of hydrogen-bond acceptors (Lipinski definition) is 6. The molecule has 8 heteroatoms. The fourth-order valence-electron chi connectivity index (χ4n) is 2.41. The van der Waals surface area contributed by atoms with Crippen molar-refractivity contribution in [3.05, 3.63) is 59.6 Å². The van der Waals surface area contributed by atoms with Gasteiger partial charge >= 0.3 is 0 Å². The first-order chi connectivity index (χ1) is 12.2. The minimum absolute atomic E-state index is 0.310. The van der Waals surface area contributed by atoms with Crippen LogP contribution in [-0.2, 0) is 0 Å². The Hall–Kier alpha value is -3.13. The lowest BCUT2D eigenvalue weighted by molar-refractivity contribution is 0.630. The van der Waals surface area contributed by atoms with Crippen LogP contribution < -0.4 is 5.32 Å². The van der Waals surface area contributed by atoms with Gasteiger partial charge in [-0.3, -0.25) is 5.10 Å². The molecule has 4 aromatic rings. The molecule has 6 nitrogen and oxygen atoms in total. The molecule has 3 heterocycles. The number of hydrogen-bond donors (Lipinski definition) is 2. The molecular formula is C17H13FN6S. The van der Waals surface area contributed by atoms with Gasteiger partial charge in [-0.1, -0.05) is 12.1 Å². The normalized spacial score (nSPS) is 10.8. The molecule has 2 N–H and O–H groups in total. The van der Waals surface area contributed by atoms with E-state index in [0.29, 0.717) is 28.0 Å². The van der Waals surface area contributed by atoms with Gasteiger partial charge in [0.25, 0.3) is 0 Å². The van der Waals surface area contributed by atoms with E-state index in [9.17, 15) is 4.39 Å². The maximum atomic E-state index is 14.1. The average molecular weight is 352 g/mol. The summed E-state index contributed by atoms with van der Waals surface area (Å²) in [6.07, 6.45) is 3.33. The fraction of sp³-hybridized carbons (Fsp3) is 0.0588. The number of H-pyrrole nitrogens is 1. The van der Waals surface area contributed by atoms with Gasteiger partial charge in [0.1, 0.15) is 5.82 Å². The van der Waals surface area contributed by atoms with E-state index < -0.39 is 0 Å². The molecule has 4 rings (SSSR count). The second kappa shape index (κ2) is 6.40. The predicted molar refractivity (Wildman–Crippen MR) is 95.1 cm³/mol. The van der Waals surface area contributed by atoms with Crippen molar-refractivity contribution in [2.75, 3.05) is 5.32 Å². The van der Waals surface area contributed by atoms with Crippen LogP contribution in [0.3, 0.4) is 0 Å². The Bertz CT molecular complexity index is 1030. The molecule has 0 saturated heterocycles. The van der Waals surface area contributed by atoms with Gasteiger partial charge in [-0.25, -0.2) is 19.3 Å². The fourth-order valence-corrected chi connectivity index (χ4v) is 3.11. The van der Waals surface area contributed by atoms with E-state index in [-0.39, 0.29) is 5.82 Å². The highest BCUT2D eigenvalue weighted by Gasteiger charge is 2.16. The van der Waals surface area contributed by atoms with E-state index in [1.54, 1.807) is 30.6 Å². The van der Waals surface area contributed by atoms with Crippen LogP contribution in [0.1, 0.15) is 5.69 Å². The van der Waals surface area contributed by atoms with Crippen LogP contribution >= 0.6 is 11.3 Å². The highest BCUT2D eigenvalue weighted by Crippen LogP contribution is 2.33. The Balaban J connectivity index is 1.66. The summed E-state index contributed by atoms with van der Waals surface area (Å²) in [4.78, 5) is 13.0. The third-order valence-corrected chi connectivity index (χ3v) is 4.33. The van der Waals surface area contributed by atoms with Crippen LogP contribution in [0.15, 0.2) is 48.1 Å². The zero-order valence-electron chi connectivity index (χ0n) is 13.2. The maximum absolute atomic E-state index is 14.1. The van der Waals surface area contributed by atoms with E-state index >= 15 is 0 Å². The van der Waals surface area contributed by atoms with Crippen molar-refractivity contribution in [3.63, 3.8) is 0 Å². The number of halogens is 1. The molecule has 0 bridgehead atoms. The Morgan fingerprint density at radius 3 is 2.84 bits per heavy atom. The average Bonchev–Trinajstić information content (AvgIpc) is 3.24. The predicted octanol–water partition coefficient (Wildman–Crippen LogP) is 4.18. The summed E-state index contributed by atoms with van der Waals surface area (Å²) >= 11 is 1.42. The summed E-state index contributed by atoms with van der Waals surface area (Å²) in [6, 6.07) is 8.39. The van der Waals surface area contributed by atoms with Crippen LogP contribution in [0.4, 0.5) is 15.5 Å². The zero-order chi connectivity index (χ0) is 17.2. The molecule has 0 fully saturated rings. The van der Waals surface area contributed by atoms with Crippen LogP contribution in [0.25, 0.3) is 22.5 Å². The lowest BCUT2D eigenvalue weighted by atomic mass is 10.1. The number of aromatic amines is 1. The molecular weight excluding hydrogens is 339 g/mol. The molecule has 0 unspecified atom stereocenters. The number of aromatic nitrogens is 5. The highest BCUT2D eigenvalue weighted by atomic mass is 32.1. The maximum Gasteiger partial charge on any atom is 0.229 e. The van der Waals surface area contributed by atoms with Crippen molar-refractivity contribution < 1.29 is 4.39 Å². The first-order valence-corrected chi connectivity index (χ1v) is 8.39. The van der Waals surface area contributed by atoms with Gasteiger partial charge in [0.15, 0.2) is 5.13 Å². The Labute approximate surface area is 146 Å². The number of aryl methyl sites for hydroxylation is 1. The van der Waals surface area contributed by atoms with Crippen molar-refractivity contribution in [2.45, 2.75) is 6.92 Å². The first-order valence-electron chi connectivity index (χ1n) is 7.51. The second-order valence-corrected chi connectivity index (χ2v) is 6.18. The first kappa shape index (κ1) is 15.4. The SMILES string of the molecule is Cc1ccnc(Nc2nc(-c3cn[nH]c3-c3ccccc3F)cs2)n1. The molecule has 3 aromatic heterocycles. The van der Waals surface area contributed by atoms with E-state index in [4.69, 9.17) is 0 Å². The summed E-state index contributed by atoms with van der Waals surface area (Å²) < 4.78 is 14.1. The van der Waals surface area contributed by atoms with E-state index in [1.807, 2.05) is 18.4 Å².